The molecule has 3 fully saturated rings. The first-order valence-electron chi connectivity index (χ1n) is 8.23. The molecular formula is C16H20N4O4. The molecule has 2 saturated heterocycles. The van der Waals surface area contributed by atoms with Crippen LogP contribution in [0.15, 0.2) is 18.7 Å². The third-order valence-corrected chi connectivity index (χ3v) is 4.70. The zero-order valence-electron chi connectivity index (χ0n) is 13.4. The molecule has 128 valence electrons. The largest absolute Gasteiger partial charge is 0.376 e. The molecule has 24 heavy (non-hydrogen) atoms. The summed E-state index contributed by atoms with van der Waals surface area (Å²) in [6, 6.07) is 0. The first-order valence-corrected chi connectivity index (χ1v) is 8.23. The number of anilines is 1. The number of hydrogen-bond acceptors (Lipinski definition) is 6. The fraction of sp³-hybridized carbons (Fsp3) is 0.625. The number of hydrogen-bond donors (Lipinski definition) is 0. The van der Waals surface area contributed by atoms with Crippen LogP contribution >= 0.6 is 0 Å². The van der Waals surface area contributed by atoms with E-state index in [-0.39, 0.29) is 24.3 Å². The number of aromatic nitrogens is 2. The molecule has 0 bridgehead atoms. The SMILES string of the molecule is O=C(C1CC1)N1CCOCC2(C1)CN(c1cncnc1)C(=O)CO2. The van der Waals surface area contributed by atoms with Gasteiger partial charge in [0.05, 0.1) is 44.4 Å². The predicted octanol–water partition coefficient (Wildman–Crippen LogP) is -0.153. The Bertz CT molecular complexity index is 636. The smallest absolute Gasteiger partial charge is 0.253 e. The highest BCUT2D eigenvalue weighted by atomic mass is 16.6. The summed E-state index contributed by atoms with van der Waals surface area (Å²) in [5, 5.41) is 0. The maximum absolute atomic E-state index is 12.5. The Morgan fingerprint density at radius 3 is 2.79 bits per heavy atom. The van der Waals surface area contributed by atoms with E-state index in [2.05, 4.69) is 9.97 Å². The fourth-order valence-corrected chi connectivity index (χ4v) is 3.25. The lowest BCUT2D eigenvalue weighted by atomic mass is 10.0. The van der Waals surface area contributed by atoms with Crippen LogP contribution in [0.2, 0.25) is 0 Å². The first-order chi connectivity index (χ1) is 11.7. The quantitative estimate of drug-likeness (QED) is 0.749. The molecule has 1 unspecified atom stereocenters. The molecule has 4 rings (SSSR count). The maximum atomic E-state index is 12.5. The van der Waals surface area contributed by atoms with Crippen LogP contribution < -0.4 is 4.90 Å². The molecule has 1 aromatic heterocycles. The molecule has 0 radical (unpaired) electrons. The van der Waals surface area contributed by atoms with Crippen molar-refractivity contribution in [2.75, 3.05) is 44.4 Å². The minimum absolute atomic E-state index is 0.0380. The van der Waals surface area contributed by atoms with E-state index in [1.807, 2.05) is 4.90 Å². The molecule has 2 amide bonds. The molecule has 3 aliphatic rings. The van der Waals surface area contributed by atoms with E-state index in [0.29, 0.717) is 38.5 Å². The van der Waals surface area contributed by atoms with Crippen LogP contribution in [-0.4, -0.2) is 71.7 Å². The predicted molar refractivity (Wildman–Crippen MR) is 83.2 cm³/mol. The number of carbonyl (C=O) groups is 2. The van der Waals surface area contributed by atoms with Gasteiger partial charge in [-0.25, -0.2) is 9.97 Å². The maximum Gasteiger partial charge on any atom is 0.253 e. The number of ether oxygens (including phenoxy) is 2. The molecular weight excluding hydrogens is 312 g/mol. The van der Waals surface area contributed by atoms with Crippen molar-refractivity contribution in [2.24, 2.45) is 5.92 Å². The van der Waals surface area contributed by atoms with E-state index < -0.39 is 5.60 Å². The Balaban J connectivity index is 1.56. The van der Waals surface area contributed by atoms with E-state index in [1.54, 1.807) is 17.3 Å². The van der Waals surface area contributed by atoms with Gasteiger partial charge >= 0.3 is 0 Å². The van der Waals surface area contributed by atoms with Crippen molar-refractivity contribution in [3.05, 3.63) is 18.7 Å². The number of morpholine rings is 1. The monoisotopic (exact) mass is 332 g/mol. The lowest BCUT2D eigenvalue weighted by Crippen LogP contribution is -2.61. The highest BCUT2D eigenvalue weighted by Crippen LogP contribution is 2.33. The Morgan fingerprint density at radius 1 is 1.25 bits per heavy atom. The van der Waals surface area contributed by atoms with E-state index in [4.69, 9.17) is 9.47 Å². The lowest BCUT2D eigenvalue weighted by Gasteiger charge is -2.42. The van der Waals surface area contributed by atoms with Crippen LogP contribution in [0.5, 0.6) is 0 Å². The summed E-state index contributed by atoms with van der Waals surface area (Å²) in [6.07, 6.45) is 6.57. The zero-order chi connectivity index (χ0) is 16.6. The Kier molecular flexibility index (Phi) is 3.93. The van der Waals surface area contributed by atoms with E-state index in [9.17, 15) is 9.59 Å². The average Bonchev–Trinajstić information content (AvgIpc) is 3.45. The summed E-state index contributed by atoms with van der Waals surface area (Å²) < 4.78 is 11.6. The number of carbonyl (C=O) groups excluding carboxylic acids is 2. The normalized spacial score (nSPS) is 28.1. The Morgan fingerprint density at radius 2 is 2.04 bits per heavy atom. The summed E-state index contributed by atoms with van der Waals surface area (Å²) in [5.74, 6) is 0.193. The minimum atomic E-state index is -0.704. The molecule has 1 spiro atoms. The average molecular weight is 332 g/mol. The van der Waals surface area contributed by atoms with Gasteiger partial charge in [-0.1, -0.05) is 0 Å². The third-order valence-electron chi connectivity index (χ3n) is 4.70. The van der Waals surface area contributed by atoms with Crippen LogP contribution in [0.25, 0.3) is 0 Å². The van der Waals surface area contributed by atoms with Crippen LogP contribution in [0.3, 0.4) is 0 Å². The van der Waals surface area contributed by atoms with Crippen LogP contribution in [0.1, 0.15) is 12.8 Å². The van der Waals surface area contributed by atoms with Gasteiger partial charge in [-0.15, -0.1) is 0 Å². The summed E-state index contributed by atoms with van der Waals surface area (Å²) in [7, 11) is 0. The molecule has 8 heteroatoms. The highest BCUT2D eigenvalue weighted by molar-refractivity contribution is 5.95. The van der Waals surface area contributed by atoms with Gasteiger partial charge in [0.1, 0.15) is 18.5 Å². The van der Waals surface area contributed by atoms with Crippen molar-refractivity contribution in [1.29, 1.82) is 0 Å². The third kappa shape index (κ3) is 2.99. The van der Waals surface area contributed by atoms with Crippen molar-refractivity contribution in [2.45, 2.75) is 18.4 Å². The molecule has 0 aromatic carbocycles. The zero-order valence-corrected chi connectivity index (χ0v) is 13.4. The van der Waals surface area contributed by atoms with Gasteiger partial charge in [0.2, 0.25) is 5.91 Å². The molecule has 0 N–H and O–H groups in total. The van der Waals surface area contributed by atoms with Gasteiger partial charge in [0.15, 0.2) is 0 Å². The van der Waals surface area contributed by atoms with E-state index in [0.717, 1.165) is 12.8 Å². The summed E-state index contributed by atoms with van der Waals surface area (Å²) in [6.45, 7) is 2.16. The lowest BCUT2D eigenvalue weighted by molar-refractivity contribution is -0.150. The second-order valence-electron chi connectivity index (χ2n) is 6.63. The van der Waals surface area contributed by atoms with Crippen molar-refractivity contribution < 1.29 is 19.1 Å². The summed E-state index contributed by atoms with van der Waals surface area (Å²) >= 11 is 0. The number of rotatable bonds is 2. The van der Waals surface area contributed by atoms with Crippen molar-refractivity contribution in [3.8, 4) is 0 Å². The second kappa shape index (κ2) is 6.10. The Hall–Kier alpha value is -2.06. The second-order valence-corrected chi connectivity index (χ2v) is 6.63. The van der Waals surface area contributed by atoms with Crippen molar-refractivity contribution in [3.63, 3.8) is 0 Å². The van der Waals surface area contributed by atoms with Crippen LogP contribution in [0.4, 0.5) is 5.69 Å². The van der Waals surface area contributed by atoms with E-state index in [1.165, 1.54) is 6.33 Å². The van der Waals surface area contributed by atoms with Crippen molar-refractivity contribution in [1.82, 2.24) is 14.9 Å². The molecule has 1 aliphatic carbocycles. The summed E-state index contributed by atoms with van der Waals surface area (Å²) in [4.78, 5) is 36.1. The molecule has 8 nitrogen and oxygen atoms in total. The summed E-state index contributed by atoms with van der Waals surface area (Å²) in [5.41, 5.74) is -0.0698. The highest BCUT2D eigenvalue weighted by Gasteiger charge is 2.46. The Labute approximate surface area is 139 Å². The molecule has 1 atom stereocenters. The molecule has 2 aliphatic heterocycles. The standard InChI is InChI=1S/C16H20N4O4/c21-14-7-24-16(9-20(14)13-5-17-11-18-6-13)8-19(3-4-23-10-16)15(22)12-1-2-12/h5-6,11-12H,1-4,7-10H2. The van der Waals surface area contributed by atoms with Crippen molar-refractivity contribution >= 4 is 17.5 Å². The van der Waals surface area contributed by atoms with Crippen LogP contribution in [-0.2, 0) is 19.1 Å². The number of amides is 2. The van der Waals surface area contributed by atoms with Crippen LogP contribution in [0, 0.1) is 5.92 Å². The van der Waals surface area contributed by atoms with Gasteiger partial charge in [-0.2, -0.15) is 0 Å². The topological polar surface area (TPSA) is 84.9 Å². The van der Waals surface area contributed by atoms with Gasteiger partial charge in [0.25, 0.3) is 5.91 Å². The molecule has 3 heterocycles. The van der Waals surface area contributed by atoms with Gasteiger partial charge < -0.3 is 19.3 Å². The molecule has 1 saturated carbocycles. The van der Waals surface area contributed by atoms with Gasteiger partial charge in [-0.3, -0.25) is 9.59 Å². The van der Waals surface area contributed by atoms with Gasteiger partial charge in [-0.05, 0) is 12.8 Å². The van der Waals surface area contributed by atoms with E-state index >= 15 is 0 Å². The van der Waals surface area contributed by atoms with Gasteiger partial charge in [0, 0.05) is 12.5 Å². The molecule has 1 aromatic rings. The minimum Gasteiger partial charge on any atom is -0.376 e. The first kappa shape index (κ1) is 15.5. The number of nitrogens with zero attached hydrogens (tertiary/aromatic N) is 4. The fourth-order valence-electron chi connectivity index (χ4n) is 3.25.